The third-order valence-corrected chi connectivity index (χ3v) is 2.32. The van der Waals surface area contributed by atoms with Crippen LogP contribution in [0.3, 0.4) is 0 Å². The molecule has 11 heavy (non-hydrogen) atoms. The molecule has 0 aromatic carbocycles. The van der Waals surface area contributed by atoms with E-state index in [0.717, 1.165) is 0 Å². The van der Waals surface area contributed by atoms with Gasteiger partial charge in [-0.05, 0) is 13.5 Å². The molecule has 0 aliphatic heterocycles. The maximum Gasteiger partial charge on any atom is 0.273 e. The first-order chi connectivity index (χ1) is 4.95. The topological polar surface area (TPSA) is 18.5 Å². The summed E-state index contributed by atoms with van der Waals surface area (Å²) in [6, 6.07) is 0.115. The summed E-state index contributed by atoms with van der Waals surface area (Å²) in [5, 5.41) is 0. The minimum absolute atomic E-state index is 0.115. The normalized spacial score (nSPS) is 15.0. The van der Waals surface area contributed by atoms with Crippen molar-refractivity contribution in [1.82, 2.24) is 0 Å². The second kappa shape index (κ2) is 5.62. The van der Waals surface area contributed by atoms with Crippen molar-refractivity contribution < 1.29 is 9.47 Å². The van der Waals surface area contributed by atoms with Crippen LogP contribution in [0.25, 0.3) is 0 Å². The lowest BCUT2D eigenvalue weighted by atomic mass is 10.8. The smallest absolute Gasteiger partial charge is 0.273 e. The van der Waals surface area contributed by atoms with Crippen LogP contribution in [0.2, 0.25) is 6.55 Å². The zero-order valence-electron chi connectivity index (χ0n) is 6.44. The Labute approximate surface area is 82.1 Å². The van der Waals surface area contributed by atoms with Gasteiger partial charge in [-0.15, -0.1) is 22.2 Å². The van der Waals surface area contributed by atoms with Gasteiger partial charge in [-0.25, -0.2) is 0 Å². The maximum atomic E-state index is 5.77. The highest BCUT2D eigenvalue weighted by Crippen LogP contribution is 2.14. The van der Waals surface area contributed by atoms with E-state index in [1.807, 2.05) is 0 Å². The molecule has 0 aliphatic carbocycles. The highest BCUT2D eigenvalue weighted by atomic mass is 35.7. The fourth-order valence-electron chi connectivity index (χ4n) is 0.401. The van der Waals surface area contributed by atoms with E-state index in [2.05, 4.69) is 0 Å². The monoisotopic (exact) mass is 236 g/mol. The zero-order valence-corrected chi connectivity index (χ0v) is 9.71. The highest BCUT2D eigenvalue weighted by molar-refractivity contribution is 7.44. The van der Waals surface area contributed by atoms with Crippen molar-refractivity contribution >= 4 is 40.5 Å². The van der Waals surface area contributed by atoms with Crippen molar-refractivity contribution in [1.29, 1.82) is 0 Å². The molecule has 0 rings (SSSR count). The summed E-state index contributed by atoms with van der Waals surface area (Å²) < 4.78 is 10.0. The number of rotatable bonds is 5. The fourth-order valence-corrected chi connectivity index (χ4v) is 1.48. The van der Waals surface area contributed by atoms with Crippen LogP contribution in [-0.2, 0) is 9.47 Å². The molecule has 0 heterocycles. The number of alkyl halides is 1. The molecule has 0 fully saturated rings. The molecule has 0 saturated heterocycles. The van der Waals surface area contributed by atoms with E-state index in [0.29, 0.717) is 6.23 Å². The Morgan fingerprint density at radius 3 is 2.27 bits per heavy atom. The van der Waals surface area contributed by atoms with Gasteiger partial charge in [0.05, 0.1) is 6.23 Å². The van der Waals surface area contributed by atoms with Gasteiger partial charge < -0.3 is 9.47 Å². The Bertz CT molecular complexity index is 106. The largest absolute Gasteiger partial charge is 0.353 e. The summed E-state index contributed by atoms with van der Waals surface area (Å²) in [6.45, 7) is 1.38. The van der Waals surface area contributed by atoms with Gasteiger partial charge in [0.15, 0.2) is 6.29 Å². The molecule has 1 atom stereocenters. The predicted octanol–water partition coefficient (Wildman–Crippen LogP) is 2.65. The lowest BCUT2D eigenvalue weighted by molar-refractivity contribution is -0.103. The van der Waals surface area contributed by atoms with Crippen LogP contribution in [0.1, 0.15) is 6.92 Å². The third kappa shape index (κ3) is 8.92. The molecule has 0 saturated carbocycles. The molecule has 0 spiro atoms. The average Bonchev–Trinajstić information content (AvgIpc) is 1.83. The average molecular weight is 238 g/mol. The molecule has 0 aromatic heterocycles. The van der Waals surface area contributed by atoms with E-state index in [1.54, 1.807) is 13.5 Å². The Morgan fingerprint density at radius 1 is 1.36 bits per heavy atom. The van der Waals surface area contributed by atoms with Crippen molar-refractivity contribution in [2.45, 2.75) is 19.8 Å². The standard InChI is InChI=1S/C5H11Cl3O2Si/c1-5(9-3-6)10-4-11(2,7)8/h5H,3-4H2,1-2H3. The van der Waals surface area contributed by atoms with Gasteiger partial charge in [-0.2, -0.15) is 0 Å². The minimum Gasteiger partial charge on any atom is -0.353 e. The van der Waals surface area contributed by atoms with Crippen LogP contribution in [-0.4, -0.2) is 25.3 Å². The second-order valence-corrected chi connectivity index (χ2v) is 10.5. The number of hydrogen-bond donors (Lipinski definition) is 0. The van der Waals surface area contributed by atoms with Crippen LogP contribution in [0.4, 0.5) is 0 Å². The molecule has 0 aliphatic rings. The highest BCUT2D eigenvalue weighted by Gasteiger charge is 2.22. The van der Waals surface area contributed by atoms with Gasteiger partial charge in [-0.1, -0.05) is 11.6 Å². The predicted molar refractivity (Wildman–Crippen MR) is 50.5 cm³/mol. The van der Waals surface area contributed by atoms with Crippen LogP contribution in [0, 0.1) is 0 Å². The van der Waals surface area contributed by atoms with Crippen molar-refractivity contribution in [3.8, 4) is 0 Å². The van der Waals surface area contributed by atoms with Crippen LogP contribution in [0.5, 0.6) is 0 Å². The molecule has 68 valence electrons. The van der Waals surface area contributed by atoms with E-state index in [-0.39, 0.29) is 12.4 Å². The van der Waals surface area contributed by atoms with E-state index in [4.69, 9.17) is 43.2 Å². The Balaban J connectivity index is 3.38. The van der Waals surface area contributed by atoms with Crippen molar-refractivity contribution in [3.05, 3.63) is 0 Å². The SMILES string of the molecule is CC(OCCl)OC[Si](C)(Cl)Cl. The third-order valence-electron chi connectivity index (χ3n) is 0.869. The summed E-state index contributed by atoms with van der Waals surface area (Å²) in [6.07, 6.45) is 0.0191. The summed E-state index contributed by atoms with van der Waals surface area (Å²) in [5.74, 6) is 0. The van der Waals surface area contributed by atoms with E-state index in [9.17, 15) is 0 Å². The van der Waals surface area contributed by atoms with Crippen molar-refractivity contribution in [3.63, 3.8) is 0 Å². The number of hydrogen-bond acceptors (Lipinski definition) is 2. The number of ether oxygens (including phenoxy) is 2. The Hall–Kier alpha value is 1.01. The van der Waals surface area contributed by atoms with Gasteiger partial charge in [-0.3, -0.25) is 0 Å². The molecule has 0 radical (unpaired) electrons. The quantitative estimate of drug-likeness (QED) is 0.317. The van der Waals surface area contributed by atoms with Gasteiger partial charge in [0.2, 0.25) is 0 Å². The molecule has 6 heteroatoms. The molecule has 0 aromatic rings. The summed E-state index contributed by atoms with van der Waals surface area (Å²) in [7, 11) is 0. The molecule has 0 amide bonds. The van der Waals surface area contributed by atoms with Crippen LogP contribution < -0.4 is 0 Å². The van der Waals surface area contributed by atoms with Gasteiger partial charge >= 0.3 is 0 Å². The minimum atomic E-state index is -2.15. The van der Waals surface area contributed by atoms with Crippen molar-refractivity contribution in [2.24, 2.45) is 0 Å². The van der Waals surface area contributed by atoms with Crippen LogP contribution in [0.15, 0.2) is 0 Å². The van der Waals surface area contributed by atoms with E-state index >= 15 is 0 Å². The van der Waals surface area contributed by atoms with Gasteiger partial charge in [0.1, 0.15) is 6.07 Å². The van der Waals surface area contributed by atoms with Gasteiger partial charge in [0, 0.05) is 0 Å². The van der Waals surface area contributed by atoms with E-state index in [1.165, 1.54) is 0 Å². The number of halogens is 3. The molecular formula is C5H11Cl3O2Si. The fraction of sp³-hybridized carbons (Fsp3) is 1.00. The molecule has 2 nitrogen and oxygen atoms in total. The van der Waals surface area contributed by atoms with Crippen molar-refractivity contribution in [2.75, 3.05) is 12.3 Å². The first kappa shape index (κ1) is 12.0. The lowest BCUT2D eigenvalue weighted by Gasteiger charge is -2.15. The molecular weight excluding hydrogens is 226 g/mol. The summed E-state index contributed by atoms with van der Waals surface area (Å²) >= 11 is 16.8. The van der Waals surface area contributed by atoms with E-state index < -0.39 is 6.69 Å². The van der Waals surface area contributed by atoms with Crippen LogP contribution >= 0.6 is 33.8 Å². The zero-order chi connectivity index (χ0) is 8.91. The molecule has 0 N–H and O–H groups in total. The molecule has 0 bridgehead atoms. The first-order valence-corrected chi connectivity index (χ1v) is 8.39. The summed E-state index contributed by atoms with van der Waals surface area (Å²) in [4.78, 5) is 0. The van der Waals surface area contributed by atoms with Gasteiger partial charge in [0.25, 0.3) is 6.69 Å². The Morgan fingerprint density at radius 2 is 1.91 bits per heavy atom. The second-order valence-electron chi connectivity index (χ2n) is 2.22. The Kier molecular flexibility index (Phi) is 6.13. The maximum absolute atomic E-state index is 5.77. The molecule has 1 unspecified atom stereocenters. The summed E-state index contributed by atoms with van der Waals surface area (Å²) in [5.41, 5.74) is 0. The lowest BCUT2D eigenvalue weighted by Crippen LogP contribution is -2.26. The first-order valence-electron chi connectivity index (χ1n) is 3.12.